The molecular formula is C18H22N2. The predicted molar refractivity (Wildman–Crippen MR) is 84.6 cm³/mol. The molecule has 20 heavy (non-hydrogen) atoms. The van der Waals surface area contributed by atoms with Crippen molar-refractivity contribution < 1.29 is 0 Å². The lowest BCUT2D eigenvalue weighted by atomic mass is 9.98. The van der Waals surface area contributed by atoms with Gasteiger partial charge in [-0.3, -0.25) is 4.90 Å². The van der Waals surface area contributed by atoms with E-state index in [1.165, 1.54) is 27.8 Å². The number of hydrogen-bond acceptors (Lipinski definition) is 2. The molecular weight excluding hydrogens is 244 g/mol. The third-order valence-corrected chi connectivity index (χ3v) is 4.30. The number of nitrogen functional groups attached to an aromatic ring is 1. The Morgan fingerprint density at radius 3 is 2.65 bits per heavy atom. The summed E-state index contributed by atoms with van der Waals surface area (Å²) in [4.78, 5) is 2.51. The van der Waals surface area contributed by atoms with Gasteiger partial charge in [0.1, 0.15) is 0 Å². The summed E-state index contributed by atoms with van der Waals surface area (Å²) in [6, 6.07) is 13.1. The molecule has 0 unspecified atom stereocenters. The van der Waals surface area contributed by atoms with Crippen LogP contribution in [0.3, 0.4) is 0 Å². The van der Waals surface area contributed by atoms with Crippen molar-refractivity contribution in [3.05, 3.63) is 64.2 Å². The van der Waals surface area contributed by atoms with Gasteiger partial charge in [-0.25, -0.2) is 0 Å². The van der Waals surface area contributed by atoms with Gasteiger partial charge in [-0.15, -0.1) is 0 Å². The van der Waals surface area contributed by atoms with E-state index < -0.39 is 0 Å². The molecule has 0 radical (unpaired) electrons. The number of nitrogens with two attached hydrogens (primary N) is 1. The Hall–Kier alpha value is -1.80. The van der Waals surface area contributed by atoms with Crippen molar-refractivity contribution in [1.29, 1.82) is 0 Å². The molecule has 2 nitrogen and oxygen atoms in total. The molecule has 2 aromatic rings. The maximum Gasteiger partial charge on any atom is 0.0317 e. The van der Waals surface area contributed by atoms with Gasteiger partial charge < -0.3 is 5.73 Å². The third-order valence-electron chi connectivity index (χ3n) is 4.30. The molecule has 0 fully saturated rings. The van der Waals surface area contributed by atoms with Crippen molar-refractivity contribution in [3.63, 3.8) is 0 Å². The molecule has 0 spiro atoms. The Bertz CT molecular complexity index is 631. The van der Waals surface area contributed by atoms with E-state index in [-0.39, 0.29) is 0 Å². The lowest BCUT2D eigenvalue weighted by Gasteiger charge is -2.29. The van der Waals surface area contributed by atoms with Crippen LogP contribution in [0.1, 0.15) is 27.8 Å². The highest BCUT2D eigenvalue weighted by atomic mass is 15.1. The number of fused-ring (bicyclic) bond motifs is 1. The van der Waals surface area contributed by atoms with Crippen LogP contribution in [0.5, 0.6) is 0 Å². The second-order valence-corrected chi connectivity index (χ2v) is 5.91. The summed E-state index contributed by atoms with van der Waals surface area (Å²) in [5, 5.41) is 0. The minimum atomic E-state index is 0.872. The zero-order valence-corrected chi connectivity index (χ0v) is 12.3. The first-order valence-electron chi connectivity index (χ1n) is 7.27. The van der Waals surface area contributed by atoms with Crippen LogP contribution in [0.25, 0.3) is 0 Å². The van der Waals surface area contributed by atoms with Gasteiger partial charge in [0.15, 0.2) is 0 Å². The monoisotopic (exact) mass is 266 g/mol. The van der Waals surface area contributed by atoms with Crippen molar-refractivity contribution in [3.8, 4) is 0 Å². The van der Waals surface area contributed by atoms with Gasteiger partial charge in [0.2, 0.25) is 0 Å². The molecule has 2 aromatic carbocycles. The van der Waals surface area contributed by atoms with Crippen molar-refractivity contribution in [2.45, 2.75) is 33.4 Å². The van der Waals surface area contributed by atoms with E-state index in [2.05, 4.69) is 49.1 Å². The summed E-state index contributed by atoms with van der Waals surface area (Å²) >= 11 is 0. The van der Waals surface area contributed by atoms with Crippen molar-refractivity contribution in [2.75, 3.05) is 12.3 Å². The van der Waals surface area contributed by atoms with Crippen LogP contribution in [0.4, 0.5) is 5.69 Å². The fourth-order valence-electron chi connectivity index (χ4n) is 2.93. The van der Waals surface area contributed by atoms with E-state index in [0.717, 1.165) is 31.7 Å². The smallest absolute Gasteiger partial charge is 0.0317 e. The maximum atomic E-state index is 5.90. The van der Waals surface area contributed by atoms with Crippen LogP contribution in [0, 0.1) is 13.8 Å². The summed E-state index contributed by atoms with van der Waals surface area (Å²) in [7, 11) is 0. The van der Waals surface area contributed by atoms with Crippen LogP contribution in [0.15, 0.2) is 36.4 Å². The molecule has 3 rings (SSSR count). The minimum absolute atomic E-state index is 0.872. The summed E-state index contributed by atoms with van der Waals surface area (Å²) in [5.41, 5.74) is 13.8. The topological polar surface area (TPSA) is 29.3 Å². The molecule has 1 aliphatic heterocycles. The number of anilines is 1. The second-order valence-electron chi connectivity index (χ2n) is 5.91. The zero-order chi connectivity index (χ0) is 14.1. The van der Waals surface area contributed by atoms with Crippen LogP contribution in [0.2, 0.25) is 0 Å². The average Bonchev–Trinajstić information content (AvgIpc) is 2.42. The van der Waals surface area contributed by atoms with Gasteiger partial charge in [0.05, 0.1) is 0 Å². The fourth-order valence-corrected chi connectivity index (χ4v) is 2.93. The third kappa shape index (κ3) is 2.70. The maximum absolute atomic E-state index is 5.90. The summed E-state index contributed by atoms with van der Waals surface area (Å²) in [6.07, 6.45) is 1.13. The van der Waals surface area contributed by atoms with Crippen molar-refractivity contribution >= 4 is 5.69 Å². The van der Waals surface area contributed by atoms with Gasteiger partial charge in [-0.05, 0) is 60.2 Å². The fraction of sp³-hybridized carbons (Fsp3) is 0.333. The molecule has 2 heteroatoms. The average molecular weight is 266 g/mol. The second kappa shape index (κ2) is 5.29. The lowest BCUT2D eigenvalue weighted by Crippen LogP contribution is -2.30. The summed E-state index contributed by atoms with van der Waals surface area (Å²) < 4.78 is 0. The first kappa shape index (κ1) is 13.2. The van der Waals surface area contributed by atoms with Crippen LogP contribution >= 0.6 is 0 Å². The predicted octanol–water partition coefficient (Wildman–Crippen LogP) is 3.44. The molecule has 0 amide bonds. The van der Waals surface area contributed by atoms with Crippen LogP contribution in [-0.4, -0.2) is 11.4 Å². The molecule has 1 heterocycles. The highest BCUT2D eigenvalue weighted by Gasteiger charge is 2.16. The molecule has 2 N–H and O–H groups in total. The minimum Gasteiger partial charge on any atom is -0.399 e. The number of benzene rings is 2. The molecule has 0 saturated heterocycles. The van der Waals surface area contributed by atoms with Crippen molar-refractivity contribution in [1.82, 2.24) is 4.90 Å². The SMILES string of the molecule is Cc1ccc(CN2CCc3ccc(N)cc3C2)cc1C. The van der Waals surface area contributed by atoms with Gasteiger partial charge in [0.25, 0.3) is 0 Å². The quantitative estimate of drug-likeness (QED) is 0.844. The largest absolute Gasteiger partial charge is 0.399 e. The first-order chi connectivity index (χ1) is 9.61. The van der Waals surface area contributed by atoms with Crippen LogP contribution < -0.4 is 5.73 Å². The Morgan fingerprint density at radius 2 is 1.85 bits per heavy atom. The van der Waals surface area contributed by atoms with E-state index in [4.69, 9.17) is 5.73 Å². The molecule has 0 aromatic heterocycles. The van der Waals surface area contributed by atoms with Gasteiger partial charge in [-0.2, -0.15) is 0 Å². The molecule has 0 bridgehead atoms. The number of aryl methyl sites for hydroxylation is 2. The van der Waals surface area contributed by atoms with Gasteiger partial charge in [0, 0.05) is 25.3 Å². The Balaban J connectivity index is 1.75. The van der Waals surface area contributed by atoms with E-state index in [1.807, 2.05) is 6.07 Å². The number of rotatable bonds is 2. The zero-order valence-electron chi connectivity index (χ0n) is 12.3. The van der Waals surface area contributed by atoms with E-state index in [1.54, 1.807) is 0 Å². The number of nitrogens with zero attached hydrogens (tertiary/aromatic N) is 1. The van der Waals surface area contributed by atoms with Crippen molar-refractivity contribution in [2.24, 2.45) is 0 Å². The summed E-state index contributed by atoms with van der Waals surface area (Å²) in [5.74, 6) is 0. The van der Waals surface area contributed by atoms with Gasteiger partial charge in [-0.1, -0.05) is 24.3 Å². The Labute approximate surface area is 121 Å². The Kier molecular flexibility index (Phi) is 3.49. The molecule has 1 aliphatic rings. The standard InChI is InChI=1S/C18H22N2/c1-13-3-4-15(9-14(13)2)11-20-8-7-16-5-6-18(19)10-17(16)12-20/h3-6,9-10H,7-8,11-12,19H2,1-2H3. The van der Waals surface area contributed by atoms with E-state index in [0.29, 0.717) is 0 Å². The molecule has 0 atom stereocenters. The van der Waals surface area contributed by atoms with Gasteiger partial charge >= 0.3 is 0 Å². The highest BCUT2D eigenvalue weighted by molar-refractivity contribution is 5.45. The number of hydrogen-bond donors (Lipinski definition) is 1. The normalized spacial score (nSPS) is 15.1. The van der Waals surface area contributed by atoms with Crippen LogP contribution in [-0.2, 0) is 19.5 Å². The highest BCUT2D eigenvalue weighted by Crippen LogP contribution is 2.23. The van der Waals surface area contributed by atoms with E-state index in [9.17, 15) is 0 Å². The lowest BCUT2D eigenvalue weighted by molar-refractivity contribution is 0.245. The molecule has 104 valence electrons. The molecule has 0 aliphatic carbocycles. The molecule has 0 saturated carbocycles. The first-order valence-corrected chi connectivity index (χ1v) is 7.27. The Morgan fingerprint density at radius 1 is 1.00 bits per heavy atom. The van der Waals surface area contributed by atoms with E-state index >= 15 is 0 Å². The summed E-state index contributed by atoms with van der Waals surface area (Å²) in [6.45, 7) is 7.51.